The van der Waals surface area contributed by atoms with Gasteiger partial charge in [0.25, 0.3) is 10.0 Å². The molecule has 1 amide bonds. The van der Waals surface area contributed by atoms with Crippen LogP contribution in [0.4, 0.5) is 0 Å². The van der Waals surface area contributed by atoms with Crippen LogP contribution in [-0.2, 0) is 14.8 Å². The second-order valence-electron chi connectivity index (χ2n) is 6.58. The van der Waals surface area contributed by atoms with Crippen molar-refractivity contribution in [3.63, 3.8) is 0 Å². The van der Waals surface area contributed by atoms with Crippen LogP contribution in [-0.4, -0.2) is 57.8 Å². The summed E-state index contributed by atoms with van der Waals surface area (Å²) >= 11 is 0. The van der Waals surface area contributed by atoms with Crippen molar-refractivity contribution in [2.24, 2.45) is 10.3 Å². The number of nitrogens with zero attached hydrogens (tertiary/aromatic N) is 2. The van der Waals surface area contributed by atoms with Gasteiger partial charge in [0.15, 0.2) is 5.84 Å². The first-order valence-electron chi connectivity index (χ1n) is 8.56. The molecule has 26 heavy (non-hydrogen) atoms. The van der Waals surface area contributed by atoms with Gasteiger partial charge in [0.05, 0.1) is 0 Å². The van der Waals surface area contributed by atoms with Crippen molar-refractivity contribution >= 4 is 34.2 Å². The first-order chi connectivity index (χ1) is 11.9. The Morgan fingerprint density at radius 1 is 1.31 bits per heavy atom. The van der Waals surface area contributed by atoms with Crippen molar-refractivity contribution < 1.29 is 13.2 Å². The molecule has 2 N–H and O–H groups in total. The fourth-order valence-corrected chi connectivity index (χ4v) is 4.40. The number of nitrogens with one attached hydrogen (secondary N) is 2. The predicted octanol–water partition coefficient (Wildman–Crippen LogP) is 0.993. The van der Waals surface area contributed by atoms with Crippen molar-refractivity contribution in [2.45, 2.75) is 30.7 Å². The standard InChI is InChI=1S/C17H24N4O3S.ClH/c1-12(18-2)11-19-17(22)13-7-9-21(10-8-13)16-14-5-3-4-6-15(14)25(23,24)20-16;/h3-6,12-13,18H,7-11H2,1-2H3,(H,19,22);1H. The molecule has 144 valence electrons. The van der Waals surface area contributed by atoms with E-state index in [1.807, 2.05) is 24.9 Å². The maximum Gasteiger partial charge on any atom is 0.285 e. The normalized spacial score (nSPS) is 19.9. The van der Waals surface area contributed by atoms with Crippen LogP contribution in [0.25, 0.3) is 0 Å². The fraction of sp³-hybridized carbons (Fsp3) is 0.529. The van der Waals surface area contributed by atoms with Crippen LogP contribution in [0.5, 0.6) is 0 Å². The minimum atomic E-state index is -3.59. The van der Waals surface area contributed by atoms with E-state index < -0.39 is 10.0 Å². The van der Waals surface area contributed by atoms with Crippen LogP contribution < -0.4 is 10.6 Å². The average Bonchev–Trinajstić information content (AvgIpc) is 2.91. The number of benzene rings is 1. The molecule has 0 aromatic heterocycles. The van der Waals surface area contributed by atoms with Crippen molar-refractivity contribution in [1.29, 1.82) is 0 Å². The highest BCUT2D eigenvalue weighted by atomic mass is 35.5. The number of piperidine rings is 1. The Morgan fingerprint density at radius 3 is 2.62 bits per heavy atom. The Morgan fingerprint density at radius 2 is 1.96 bits per heavy atom. The van der Waals surface area contributed by atoms with E-state index in [2.05, 4.69) is 15.0 Å². The second-order valence-corrected chi connectivity index (χ2v) is 8.15. The lowest BCUT2D eigenvalue weighted by Crippen LogP contribution is -2.45. The minimum Gasteiger partial charge on any atom is -0.355 e. The van der Waals surface area contributed by atoms with E-state index in [0.29, 0.717) is 43.9 Å². The number of hydrogen-bond acceptors (Lipinski definition) is 5. The molecule has 1 unspecified atom stereocenters. The quantitative estimate of drug-likeness (QED) is 0.786. The number of amides is 1. The third-order valence-corrected chi connectivity index (χ3v) is 6.18. The van der Waals surface area contributed by atoms with Gasteiger partial charge in [-0.2, -0.15) is 8.42 Å². The van der Waals surface area contributed by atoms with Crippen LogP contribution in [0.15, 0.2) is 33.6 Å². The molecule has 0 saturated carbocycles. The Hall–Kier alpha value is -1.64. The lowest BCUT2D eigenvalue weighted by molar-refractivity contribution is -0.126. The Kier molecular flexibility index (Phi) is 6.65. The molecule has 2 heterocycles. The van der Waals surface area contributed by atoms with Crippen molar-refractivity contribution in [1.82, 2.24) is 15.5 Å². The van der Waals surface area contributed by atoms with E-state index in [4.69, 9.17) is 0 Å². The van der Waals surface area contributed by atoms with E-state index in [9.17, 15) is 13.2 Å². The second kappa shape index (κ2) is 8.37. The highest BCUT2D eigenvalue weighted by Crippen LogP contribution is 2.29. The summed E-state index contributed by atoms with van der Waals surface area (Å²) in [5.74, 6) is 0.551. The van der Waals surface area contributed by atoms with Gasteiger partial charge in [0.2, 0.25) is 5.91 Å². The number of hydrogen-bond donors (Lipinski definition) is 2. The summed E-state index contributed by atoms with van der Waals surface area (Å²) in [5, 5.41) is 6.06. The lowest BCUT2D eigenvalue weighted by Gasteiger charge is -2.32. The monoisotopic (exact) mass is 400 g/mol. The van der Waals surface area contributed by atoms with Crippen LogP contribution in [0, 0.1) is 5.92 Å². The predicted molar refractivity (Wildman–Crippen MR) is 103 cm³/mol. The molecule has 9 heteroatoms. The zero-order valence-corrected chi connectivity index (χ0v) is 16.6. The number of likely N-dealkylation sites (N-methyl/N-ethyl adjacent to an activating group) is 1. The molecule has 1 aromatic rings. The summed E-state index contributed by atoms with van der Waals surface area (Å²) in [4.78, 5) is 14.5. The van der Waals surface area contributed by atoms with Crippen molar-refractivity contribution in [3.8, 4) is 0 Å². The maximum atomic E-state index is 12.3. The lowest BCUT2D eigenvalue weighted by atomic mass is 9.95. The number of halogens is 1. The topological polar surface area (TPSA) is 90.9 Å². The first kappa shape index (κ1) is 20.7. The number of carbonyl (C=O) groups excluding carboxylic acids is 1. The van der Waals surface area contributed by atoms with E-state index in [1.165, 1.54) is 0 Å². The molecular formula is C17H25ClN4O3S. The molecule has 1 saturated heterocycles. The Bertz CT molecular complexity index is 789. The number of sulfonamides is 1. The zero-order chi connectivity index (χ0) is 18.0. The molecule has 7 nitrogen and oxygen atoms in total. The highest BCUT2D eigenvalue weighted by Gasteiger charge is 2.34. The third kappa shape index (κ3) is 4.19. The number of amidine groups is 1. The van der Waals surface area contributed by atoms with Gasteiger partial charge in [-0.15, -0.1) is 16.8 Å². The molecule has 0 bridgehead atoms. The number of carbonyl (C=O) groups is 1. The van der Waals surface area contributed by atoms with Crippen LogP contribution in [0.2, 0.25) is 0 Å². The largest absolute Gasteiger partial charge is 0.355 e. The van der Waals surface area contributed by atoms with Gasteiger partial charge in [-0.3, -0.25) is 4.79 Å². The smallest absolute Gasteiger partial charge is 0.285 e. The van der Waals surface area contributed by atoms with Gasteiger partial charge in [-0.1, -0.05) is 12.1 Å². The summed E-state index contributed by atoms with van der Waals surface area (Å²) in [7, 11) is -1.73. The number of rotatable bonds is 4. The van der Waals surface area contributed by atoms with Crippen molar-refractivity contribution in [2.75, 3.05) is 26.7 Å². The first-order valence-corrected chi connectivity index (χ1v) is 10.0. The van der Waals surface area contributed by atoms with Gasteiger partial charge in [0.1, 0.15) is 4.90 Å². The highest BCUT2D eigenvalue weighted by molar-refractivity contribution is 7.90. The van der Waals surface area contributed by atoms with Crippen LogP contribution >= 0.6 is 12.4 Å². The summed E-state index contributed by atoms with van der Waals surface area (Å²) in [6, 6.07) is 7.13. The summed E-state index contributed by atoms with van der Waals surface area (Å²) < 4.78 is 28.3. The fourth-order valence-electron chi connectivity index (χ4n) is 3.17. The maximum absolute atomic E-state index is 12.3. The average molecular weight is 401 g/mol. The number of likely N-dealkylation sites (tertiary alicyclic amines) is 1. The minimum absolute atomic E-state index is 0. The molecule has 1 atom stereocenters. The van der Waals surface area contributed by atoms with E-state index >= 15 is 0 Å². The molecule has 0 spiro atoms. The van der Waals surface area contributed by atoms with Gasteiger partial charge < -0.3 is 15.5 Å². The van der Waals surface area contributed by atoms with Gasteiger partial charge in [-0.05, 0) is 38.9 Å². The molecule has 0 aliphatic carbocycles. The van der Waals surface area contributed by atoms with Gasteiger partial charge in [0, 0.05) is 37.2 Å². The van der Waals surface area contributed by atoms with Crippen LogP contribution in [0.1, 0.15) is 25.3 Å². The molecule has 1 fully saturated rings. The van der Waals surface area contributed by atoms with Gasteiger partial charge >= 0.3 is 0 Å². The van der Waals surface area contributed by atoms with E-state index in [-0.39, 0.29) is 35.2 Å². The molecular weight excluding hydrogens is 376 g/mol. The Labute approximate surface area is 160 Å². The van der Waals surface area contributed by atoms with Crippen molar-refractivity contribution in [3.05, 3.63) is 29.8 Å². The molecule has 2 aliphatic heterocycles. The van der Waals surface area contributed by atoms with Crippen LogP contribution in [0.3, 0.4) is 0 Å². The zero-order valence-electron chi connectivity index (χ0n) is 14.9. The van der Waals surface area contributed by atoms with Gasteiger partial charge in [-0.25, -0.2) is 0 Å². The summed E-state index contributed by atoms with van der Waals surface area (Å²) in [6.07, 6.45) is 1.39. The SMILES string of the molecule is CNC(C)CNC(=O)C1CCN(C2=NS(=O)(=O)c3ccccc32)CC1.Cl. The molecule has 2 aliphatic rings. The molecule has 1 aromatic carbocycles. The number of fused-ring (bicyclic) bond motifs is 1. The summed E-state index contributed by atoms with van der Waals surface area (Å²) in [5.41, 5.74) is 0.660. The summed E-state index contributed by atoms with van der Waals surface area (Å²) in [6.45, 7) is 3.87. The third-order valence-electron chi connectivity index (χ3n) is 4.85. The van der Waals surface area contributed by atoms with E-state index in [0.717, 1.165) is 0 Å². The van der Waals surface area contributed by atoms with E-state index in [1.54, 1.807) is 18.2 Å². The molecule has 0 radical (unpaired) electrons. The Balaban J connectivity index is 0.00000243. The molecule has 3 rings (SSSR count).